The number of benzene rings is 1. The van der Waals surface area contributed by atoms with Gasteiger partial charge in [0.1, 0.15) is 16.6 Å². The van der Waals surface area contributed by atoms with Crippen molar-refractivity contribution in [1.29, 1.82) is 0 Å². The molecule has 0 radical (unpaired) electrons. The van der Waals surface area contributed by atoms with E-state index in [9.17, 15) is 18.4 Å². The molecule has 3 N–H and O–H groups in total. The third-order valence-electron chi connectivity index (χ3n) is 3.67. The first-order chi connectivity index (χ1) is 11.5. The zero-order chi connectivity index (χ0) is 17.3. The number of halogens is 2. The molecule has 3 rings (SSSR count). The molecule has 0 atom stereocenters. The predicted octanol–water partition coefficient (Wildman–Crippen LogP) is 3.34. The number of nitrogens with one attached hydrogen (secondary N) is 1. The van der Waals surface area contributed by atoms with E-state index < -0.39 is 23.4 Å². The van der Waals surface area contributed by atoms with Gasteiger partial charge in [0.2, 0.25) is 5.91 Å². The molecular formula is C16H14F2N2O2S2. The van der Waals surface area contributed by atoms with Gasteiger partial charge in [-0.05, 0) is 43.0 Å². The van der Waals surface area contributed by atoms with Crippen molar-refractivity contribution in [2.24, 2.45) is 5.73 Å². The van der Waals surface area contributed by atoms with Crippen LogP contribution in [0.25, 0.3) is 0 Å². The maximum atomic E-state index is 13.5. The van der Waals surface area contributed by atoms with Gasteiger partial charge in [-0.25, -0.2) is 8.78 Å². The minimum Gasteiger partial charge on any atom is -0.365 e. The number of hydrogen-bond acceptors (Lipinski definition) is 4. The lowest BCUT2D eigenvalue weighted by molar-refractivity contribution is -0.113. The monoisotopic (exact) mass is 368 g/mol. The van der Waals surface area contributed by atoms with E-state index in [1.807, 2.05) is 0 Å². The SMILES string of the molecule is NC(=O)c1c(NC(=O)CSc2cc(F)ccc2F)sc2c1CCC2. The lowest BCUT2D eigenvalue weighted by Crippen LogP contribution is -2.18. The standard InChI is InChI=1S/C16H14F2N2O2S2/c17-8-4-5-10(18)12(6-8)23-7-13(21)20-16-14(15(19)22)9-2-1-3-11(9)24-16/h4-6H,1-3,7H2,(H2,19,22)(H,20,21). The molecule has 0 saturated heterocycles. The molecule has 0 unspecified atom stereocenters. The van der Waals surface area contributed by atoms with Crippen molar-refractivity contribution in [3.05, 3.63) is 45.8 Å². The van der Waals surface area contributed by atoms with Crippen LogP contribution < -0.4 is 11.1 Å². The van der Waals surface area contributed by atoms with Gasteiger partial charge in [-0.3, -0.25) is 9.59 Å². The Morgan fingerprint density at radius 3 is 2.83 bits per heavy atom. The van der Waals surface area contributed by atoms with Gasteiger partial charge in [0.15, 0.2) is 0 Å². The Morgan fingerprint density at radius 1 is 1.29 bits per heavy atom. The number of primary amides is 1. The second-order valence-electron chi connectivity index (χ2n) is 5.34. The van der Waals surface area contributed by atoms with Crippen molar-refractivity contribution in [3.63, 3.8) is 0 Å². The lowest BCUT2D eigenvalue weighted by atomic mass is 10.1. The highest BCUT2D eigenvalue weighted by Crippen LogP contribution is 2.39. The molecule has 24 heavy (non-hydrogen) atoms. The van der Waals surface area contributed by atoms with Gasteiger partial charge in [-0.2, -0.15) is 0 Å². The van der Waals surface area contributed by atoms with Crippen LogP contribution in [0.3, 0.4) is 0 Å². The molecule has 0 fully saturated rings. The normalized spacial score (nSPS) is 12.9. The molecule has 8 heteroatoms. The average Bonchev–Trinajstić information content (AvgIpc) is 3.08. The predicted molar refractivity (Wildman–Crippen MR) is 90.6 cm³/mol. The van der Waals surface area contributed by atoms with E-state index in [2.05, 4.69) is 5.32 Å². The maximum absolute atomic E-state index is 13.5. The Hall–Kier alpha value is -1.93. The summed E-state index contributed by atoms with van der Waals surface area (Å²) in [4.78, 5) is 24.9. The molecule has 4 nitrogen and oxygen atoms in total. The maximum Gasteiger partial charge on any atom is 0.251 e. The summed E-state index contributed by atoms with van der Waals surface area (Å²) >= 11 is 2.25. The fraction of sp³-hybridized carbons (Fsp3) is 0.250. The van der Waals surface area contributed by atoms with Crippen LogP contribution in [0.5, 0.6) is 0 Å². The van der Waals surface area contributed by atoms with E-state index in [0.717, 1.165) is 59.7 Å². The van der Waals surface area contributed by atoms with E-state index in [1.165, 1.54) is 11.3 Å². The molecule has 1 heterocycles. The summed E-state index contributed by atoms with van der Waals surface area (Å²) in [5.41, 5.74) is 6.73. The van der Waals surface area contributed by atoms with Gasteiger partial charge >= 0.3 is 0 Å². The topological polar surface area (TPSA) is 72.2 Å². The number of thioether (sulfide) groups is 1. The number of thiophene rings is 1. The summed E-state index contributed by atoms with van der Waals surface area (Å²) < 4.78 is 26.7. The summed E-state index contributed by atoms with van der Waals surface area (Å²) in [5.74, 6) is -2.20. The molecule has 0 saturated carbocycles. The first-order valence-electron chi connectivity index (χ1n) is 7.27. The molecule has 1 aromatic carbocycles. The number of fused-ring (bicyclic) bond motifs is 1. The van der Waals surface area contributed by atoms with Crippen molar-refractivity contribution >= 4 is 39.9 Å². The molecular weight excluding hydrogens is 354 g/mol. The number of rotatable bonds is 5. The van der Waals surface area contributed by atoms with E-state index in [1.54, 1.807) is 0 Å². The van der Waals surface area contributed by atoms with Crippen molar-refractivity contribution in [2.75, 3.05) is 11.1 Å². The quantitative estimate of drug-likeness (QED) is 0.795. The molecule has 0 bridgehead atoms. The van der Waals surface area contributed by atoms with Gasteiger partial charge in [-0.15, -0.1) is 23.1 Å². The van der Waals surface area contributed by atoms with E-state index in [0.29, 0.717) is 10.6 Å². The van der Waals surface area contributed by atoms with E-state index >= 15 is 0 Å². The Labute approximate surface area is 145 Å². The number of aryl methyl sites for hydroxylation is 1. The Bertz CT molecular complexity index is 821. The summed E-state index contributed by atoms with van der Waals surface area (Å²) in [7, 11) is 0. The smallest absolute Gasteiger partial charge is 0.251 e. The number of anilines is 1. The van der Waals surface area contributed by atoms with Crippen LogP contribution in [0.4, 0.5) is 13.8 Å². The van der Waals surface area contributed by atoms with Gasteiger partial charge in [0.25, 0.3) is 5.91 Å². The highest BCUT2D eigenvalue weighted by atomic mass is 32.2. The molecule has 126 valence electrons. The Balaban J connectivity index is 1.70. The van der Waals surface area contributed by atoms with Gasteiger partial charge in [0, 0.05) is 9.77 Å². The number of amides is 2. The van der Waals surface area contributed by atoms with E-state index in [4.69, 9.17) is 5.73 Å². The number of carbonyl (C=O) groups excluding carboxylic acids is 2. The van der Waals surface area contributed by atoms with Gasteiger partial charge in [0.05, 0.1) is 11.3 Å². The zero-order valence-corrected chi connectivity index (χ0v) is 14.2. The Morgan fingerprint density at radius 2 is 2.08 bits per heavy atom. The summed E-state index contributed by atoms with van der Waals surface area (Å²) in [6.45, 7) is 0. The highest BCUT2D eigenvalue weighted by molar-refractivity contribution is 8.00. The van der Waals surface area contributed by atoms with E-state index in [-0.39, 0.29) is 10.6 Å². The van der Waals surface area contributed by atoms with Crippen LogP contribution in [0.2, 0.25) is 0 Å². The lowest BCUT2D eigenvalue weighted by Gasteiger charge is -2.06. The van der Waals surface area contributed by atoms with Crippen LogP contribution in [0.15, 0.2) is 23.1 Å². The number of nitrogens with two attached hydrogens (primary N) is 1. The minimum absolute atomic E-state index is 0.0638. The second kappa shape index (κ2) is 6.90. The third-order valence-corrected chi connectivity index (χ3v) is 5.91. The van der Waals surface area contributed by atoms with Crippen molar-refractivity contribution in [2.45, 2.75) is 24.2 Å². The second-order valence-corrected chi connectivity index (χ2v) is 7.46. The average molecular weight is 368 g/mol. The first kappa shape index (κ1) is 16.9. The van der Waals surface area contributed by atoms with Crippen LogP contribution in [0, 0.1) is 11.6 Å². The summed E-state index contributed by atoms with van der Waals surface area (Å²) in [6.07, 6.45) is 2.63. The van der Waals surface area contributed by atoms with Gasteiger partial charge in [-0.1, -0.05) is 0 Å². The molecule has 0 spiro atoms. The fourth-order valence-corrected chi connectivity index (χ4v) is 4.72. The summed E-state index contributed by atoms with van der Waals surface area (Å²) in [6, 6.07) is 3.08. The van der Waals surface area contributed by atoms with Crippen LogP contribution in [-0.2, 0) is 17.6 Å². The van der Waals surface area contributed by atoms with Crippen LogP contribution in [-0.4, -0.2) is 17.6 Å². The van der Waals surface area contributed by atoms with Crippen molar-refractivity contribution in [1.82, 2.24) is 0 Å². The number of carbonyl (C=O) groups is 2. The summed E-state index contributed by atoms with van der Waals surface area (Å²) in [5, 5.41) is 3.11. The van der Waals surface area contributed by atoms with Crippen molar-refractivity contribution in [3.8, 4) is 0 Å². The largest absolute Gasteiger partial charge is 0.365 e. The molecule has 2 amide bonds. The fourth-order valence-electron chi connectivity index (χ4n) is 2.65. The molecule has 1 aliphatic carbocycles. The zero-order valence-electron chi connectivity index (χ0n) is 12.5. The van der Waals surface area contributed by atoms with Crippen LogP contribution >= 0.6 is 23.1 Å². The van der Waals surface area contributed by atoms with Crippen molar-refractivity contribution < 1.29 is 18.4 Å². The van der Waals surface area contributed by atoms with Crippen LogP contribution in [0.1, 0.15) is 27.2 Å². The molecule has 0 aliphatic heterocycles. The minimum atomic E-state index is -0.581. The Kier molecular flexibility index (Phi) is 4.86. The number of hydrogen-bond donors (Lipinski definition) is 2. The molecule has 2 aromatic rings. The van der Waals surface area contributed by atoms with Gasteiger partial charge < -0.3 is 11.1 Å². The first-order valence-corrected chi connectivity index (χ1v) is 9.08. The highest BCUT2D eigenvalue weighted by Gasteiger charge is 2.26. The molecule has 1 aromatic heterocycles. The third kappa shape index (κ3) is 3.44. The molecule has 1 aliphatic rings.